The van der Waals surface area contributed by atoms with E-state index in [9.17, 15) is 0 Å². The van der Waals surface area contributed by atoms with Crippen molar-refractivity contribution < 1.29 is 4.74 Å². The molecule has 0 bridgehead atoms. The number of hydrogen-bond acceptors (Lipinski definition) is 5. The molecule has 0 saturated carbocycles. The topological polar surface area (TPSA) is 47.0 Å². The number of hydrogen-bond donors (Lipinski definition) is 1. The molecule has 1 unspecified atom stereocenters. The maximum absolute atomic E-state index is 5.94. The zero-order chi connectivity index (χ0) is 13.8. The van der Waals surface area contributed by atoms with Crippen LogP contribution in [0.15, 0.2) is 24.3 Å². The monoisotopic (exact) mass is 289 g/mol. The van der Waals surface area contributed by atoms with Crippen LogP contribution in [0.5, 0.6) is 5.75 Å². The Labute approximate surface area is 123 Å². The summed E-state index contributed by atoms with van der Waals surface area (Å²) in [5.41, 5.74) is 1.26. The van der Waals surface area contributed by atoms with Crippen LogP contribution in [0.1, 0.15) is 35.0 Å². The molecule has 1 aliphatic heterocycles. The van der Waals surface area contributed by atoms with Crippen LogP contribution in [-0.4, -0.2) is 23.3 Å². The highest BCUT2D eigenvalue weighted by Gasteiger charge is 2.26. The van der Waals surface area contributed by atoms with Crippen LogP contribution in [0.3, 0.4) is 0 Å². The Morgan fingerprint density at radius 3 is 3.05 bits per heavy atom. The quantitative estimate of drug-likeness (QED) is 0.831. The highest BCUT2D eigenvalue weighted by molar-refractivity contribution is 7.11. The molecule has 3 rings (SSSR count). The molecule has 1 aromatic carbocycles. The molecule has 1 aliphatic rings. The van der Waals surface area contributed by atoms with Crippen molar-refractivity contribution in [3.05, 3.63) is 39.8 Å². The normalized spacial score (nSPS) is 16.9. The third-order valence-electron chi connectivity index (χ3n) is 3.35. The number of aromatic nitrogens is 2. The lowest BCUT2D eigenvalue weighted by atomic mass is 10.1. The van der Waals surface area contributed by atoms with Crippen LogP contribution < -0.4 is 10.1 Å². The lowest BCUT2D eigenvalue weighted by Gasteiger charge is -2.05. The Balaban J connectivity index is 1.58. The van der Waals surface area contributed by atoms with Gasteiger partial charge in [-0.2, -0.15) is 0 Å². The largest absolute Gasteiger partial charge is 0.483 e. The van der Waals surface area contributed by atoms with Gasteiger partial charge >= 0.3 is 0 Å². The SMILES string of the molecule is CCCNCCc1nnc(C2Cc3ccccc3O2)s1. The zero-order valence-electron chi connectivity index (χ0n) is 11.6. The van der Waals surface area contributed by atoms with E-state index in [4.69, 9.17) is 4.74 Å². The standard InChI is InChI=1S/C15H19N3OS/c1-2-8-16-9-7-14-17-18-15(20-14)13-10-11-5-3-4-6-12(11)19-13/h3-6,13,16H,2,7-10H2,1H3. The molecular weight excluding hydrogens is 270 g/mol. The van der Waals surface area contributed by atoms with Crippen molar-refractivity contribution in [2.75, 3.05) is 13.1 Å². The molecule has 20 heavy (non-hydrogen) atoms. The van der Waals surface area contributed by atoms with E-state index in [0.717, 1.165) is 48.1 Å². The summed E-state index contributed by atoms with van der Waals surface area (Å²) in [6.07, 6.45) is 3.05. The smallest absolute Gasteiger partial charge is 0.158 e. The average molecular weight is 289 g/mol. The molecular formula is C15H19N3OS. The minimum absolute atomic E-state index is 0.0438. The Morgan fingerprint density at radius 1 is 1.30 bits per heavy atom. The number of ether oxygens (including phenoxy) is 1. The van der Waals surface area contributed by atoms with Gasteiger partial charge < -0.3 is 10.1 Å². The third-order valence-corrected chi connectivity index (χ3v) is 4.42. The molecule has 0 saturated heterocycles. The minimum Gasteiger partial charge on any atom is -0.483 e. The molecule has 0 aliphatic carbocycles. The summed E-state index contributed by atoms with van der Waals surface area (Å²) in [6.45, 7) is 4.20. The molecule has 2 aromatic rings. The van der Waals surface area contributed by atoms with E-state index in [2.05, 4.69) is 34.6 Å². The molecule has 106 valence electrons. The summed E-state index contributed by atoms with van der Waals surface area (Å²) in [6, 6.07) is 8.19. The number of rotatable bonds is 6. The molecule has 5 heteroatoms. The number of para-hydroxylation sites is 1. The van der Waals surface area contributed by atoms with Gasteiger partial charge in [-0.15, -0.1) is 10.2 Å². The third kappa shape index (κ3) is 2.99. The highest BCUT2D eigenvalue weighted by Crippen LogP contribution is 2.37. The summed E-state index contributed by atoms with van der Waals surface area (Å²) >= 11 is 1.67. The van der Waals surface area contributed by atoms with E-state index >= 15 is 0 Å². The summed E-state index contributed by atoms with van der Waals surface area (Å²) in [7, 11) is 0. The fourth-order valence-electron chi connectivity index (χ4n) is 2.31. The van der Waals surface area contributed by atoms with Crippen LogP contribution in [0.2, 0.25) is 0 Å². The van der Waals surface area contributed by atoms with Crippen molar-refractivity contribution in [2.24, 2.45) is 0 Å². The van der Waals surface area contributed by atoms with Gasteiger partial charge in [0.15, 0.2) is 11.1 Å². The second kappa shape index (κ2) is 6.33. The van der Waals surface area contributed by atoms with Gasteiger partial charge in [-0.05, 0) is 24.6 Å². The predicted molar refractivity (Wildman–Crippen MR) is 80.3 cm³/mol. The molecule has 0 amide bonds. The molecule has 4 nitrogen and oxygen atoms in total. The minimum atomic E-state index is 0.0438. The van der Waals surface area contributed by atoms with E-state index < -0.39 is 0 Å². The predicted octanol–water partition coefficient (Wildman–Crippen LogP) is 2.76. The molecule has 1 N–H and O–H groups in total. The van der Waals surface area contributed by atoms with Gasteiger partial charge in [-0.25, -0.2) is 0 Å². The van der Waals surface area contributed by atoms with Crippen molar-refractivity contribution >= 4 is 11.3 Å². The van der Waals surface area contributed by atoms with Crippen molar-refractivity contribution in [1.82, 2.24) is 15.5 Å². The van der Waals surface area contributed by atoms with E-state index in [1.807, 2.05) is 12.1 Å². The average Bonchev–Trinajstić information content (AvgIpc) is 3.09. The second-order valence-corrected chi connectivity index (χ2v) is 6.05. The van der Waals surface area contributed by atoms with E-state index in [0.29, 0.717) is 0 Å². The molecule has 0 radical (unpaired) electrons. The van der Waals surface area contributed by atoms with Crippen molar-refractivity contribution in [2.45, 2.75) is 32.3 Å². The van der Waals surface area contributed by atoms with Gasteiger partial charge in [0.2, 0.25) is 0 Å². The first kappa shape index (κ1) is 13.5. The van der Waals surface area contributed by atoms with E-state index in [1.54, 1.807) is 11.3 Å². The fraction of sp³-hybridized carbons (Fsp3) is 0.467. The van der Waals surface area contributed by atoms with Crippen LogP contribution >= 0.6 is 11.3 Å². The van der Waals surface area contributed by atoms with Gasteiger partial charge in [-0.3, -0.25) is 0 Å². The molecule has 0 spiro atoms. The summed E-state index contributed by atoms with van der Waals surface area (Å²) in [5.74, 6) is 0.985. The molecule has 2 heterocycles. The lowest BCUT2D eigenvalue weighted by molar-refractivity contribution is 0.237. The van der Waals surface area contributed by atoms with Gasteiger partial charge in [0, 0.05) is 19.4 Å². The number of benzene rings is 1. The van der Waals surface area contributed by atoms with Crippen molar-refractivity contribution in [3.63, 3.8) is 0 Å². The van der Waals surface area contributed by atoms with Crippen molar-refractivity contribution in [3.8, 4) is 5.75 Å². The van der Waals surface area contributed by atoms with Gasteiger partial charge in [0.1, 0.15) is 10.8 Å². The number of fused-ring (bicyclic) bond motifs is 1. The maximum atomic E-state index is 5.94. The maximum Gasteiger partial charge on any atom is 0.158 e. The van der Waals surface area contributed by atoms with Crippen LogP contribution in [0.25, 0.3) is 0 Å². The Hall–Kier alpha value is -1.46. The Morgan fingerprint density at radius 2 is 2.20 bits per heavy atom. The number of nitrogens with zero attached hydrogens (tertiary/aromatic N) is 2. The van der Waals surface area contributed by atoms with Crippen molar-refractivity contribution in [1.29, 1.82) is 0 Å². The first-order valence-electron chi connectivity index (χ1n) is 7.14. The summed E-state index contributed by atoms with van der Waals surface area (Å²) < 4.78 is 5.94. The van der Waals surface area contributed by atoms with Crippen LogP contribution in [0.4, 0.5) is 0 Å². The van der Waals surface area contributed by atoms with E-state index in [1.165, 1.54) is 5.56 Å². The second-order valence-electron chi connectivity index (χ2n) is 4.95. The Bertz CT molecular complexity index is 545. The Kier molecular flexibility index (Phi) is 4.28. The first-order chi connectivity index (χ1) is 9.86. The molecule has 1 aromatic heterocycles. The zero-order valence-corrected chi connectivity index (χ0v) is 12.4. The van der Waals surface area contributed by atoms with Gasteiger partial charge in [-0.1, -0.05) is 36.5 Å². The fourth-order valence-corrected chi connectivity index (χ4v) is 3.19. The molecule has 0 fully saturated rings. The van der Waals surface area contributed by atoms with Gasteiger partial charge in [0.05, 0.1) is 0 Å². The van der Waals surface area contributed by atoms with E-state index in [-0.39, 0.29) is 6.10 Å². The van der Waals surface area contributed by atoms with Gasteiger partial charge in [0.25, 0.3) is 0 Å². The number of nitrogens with one attached hydrogen (secondary N) is 1. The highest BCUT2D eigenvalue weighted by atomic mass is 32.1. The first-order valence-corrected chi connectivity index (χ1v) is 7.96. The van der Waals surface area contributed by atoms with Crippen LogP contribution in [-0.2, 0) is 12.8 Å². The summed E-state index contributed by atoms with van der Waals surface area (Å²) in [4.78, 5) is 0. The lowest BCUT2D eigenvalue weighted by Crippen LogP contribution is -2.17. The summed E-state index contributed by atoms with van der Waals surface area (Å²) in [5, 5.41) is 14.0. The molecule has 1 atom stereocenters. The van der Waals surface area contributed by atoms with Crippen LogP contribution in [0, 0.1) is 0 Å².